The smallest absolute Gasteiger partial charge is 0.233 e. The van der Waals surface area contributed by atoms with Gasteiger partial charge >= 0.3 is 0 Å². The second kappa shape index (κ2) is 11.3. The Hall–Kier alpha value is -1.65. The van der Waals surface area contributed by atoms with Crippen LogP contribution in [0.3, 0.4) is 0 Å². The van der Waals surface area contributed by atoms with Crippen molar-refractivity contribution in [1.82, 2.24) is 5.32 Å². The molecule has 0 aromatic heterocycles. The Morgan fingerprint density at radius 1 is 1.11 bits per heavy atom. The predicted molar refractivity (Wildman–Crippen MR) is 115 cm³/mol. The number of thioether (sulfide) groups is 1. The fourth-order valence-corrected chi connectivity index (χ4v) is 3.73. The minimum absolute atomic E-state index is 0.0846. The van der Waals surface area contributed by atoms with Gasteiger partial charge in [0.2, 0.25) is 5.91 Å². The topological polar surface area (TPSA) is 38.3 Å². The summed E-state index contributed by atoms with van der Waals surface area (Å²) < 4.78 is 5.65. The van der Waals surface area contributed by atoms with Crippen molar-refractivity contribution >= 4 is 29.3 Å². The van der Waals surface area contributed by atoms with Crippen molar-refractivity contribution in [3.05, 3.63) is 59.1 Å². The maximum Gasteiger partial charge on any atom is 0.233 e. The number of halogens is 1. The molecule has 0 radical (unpaired) electrons. The highest BCUT2D eigenvalue weighted by molar-refractivity contribution is 8.00. The fraction of sp³-hybridized carbons (Fsp3) is 0.409. The lowest BCUT2D eigenvalue weighted by Gasteiger charge is -2.15. The van der Waals surface area contributed by atoms with E-state index >= 15 is 0 Å². The number of amides is 1. The average Bonchev–Trinajstić information content (AvgIpc) is 2.65. The summed E-state index contributed by atoms with van der Waals surface area (Å²) in [4.78, 5) is 13.5. The first-order valence-corrected chi connectivity index (χ1v) is 10.7. The van der Waals surface area contributed by atoms with Crippen molar-refractivity contribution in [1.29, 1.82) is 0 Å². The SMILES string of the molecule is CC[C@@H](Sc1ccc(Cl)cc1)C(=O)NCCCc1ccc(OC(C)C)cc1. The van der Waals surface area contributed by atoms with Crippen molar-refractivity contribution in [3.8, 4) is 5.75 Å². The maximum atomic E-state index is 12.4. The average molecular weight is 406 g/mol. The Kier molecular flexibility index (Phi) is 9.02. The van der Waals surface area contributed by atoms with Gasteiger partial charge in [0, 0.05) is 16.5 Å². The summed E-state index contributed by atoms with van der Waals surface area (Å²) in [7, 11) is 0. The molecule has 0 aliphatic heterocycles. The lowest BCUT2D eigenvalue weighted by atomic mass is 10.1. The van der Waals surface area contributed by atoms with Crippen molar-refractivity contribution < 1.29 is 9.53 Å². The Morgan fingerprint density at radius 2 is 1.78 bits per heavy atom. The third-order valence-corrected chi connectivity index (χ3v) is 5.62. The van der Waals surface area contributed by atoms with E-state index in [0.29, 0.717) is 11.6 Å². The quantitative estimate of drug-likeness (QED) is 0.404. The van der Waals surface area contributed by atoms with Crippen LogP contribution in [0.5, 0.6) is 5.75 Å². The largest absolute Gasteiger partial charge is 0.491 e. The number of hydrogen-bond acceptors (Lipinski definition) is 3. The normalized spacial score (nSPS) is 12.0. The van der Waals surface area contributed by atoms with Gasteiger partial charge < -0.3 is 10.1 Å². The van der Waals surface area contributed by atoms with Gasteiger partial charge in [-0.1, -0.05) is 30.7 Å². The highest BCUT2D eigenvalue weighted by Crippen LogP contribution is 2.26. The monoisotopic (exact) mass is 405 g/mol. The van der Waals surface area contributed by atoms with Crippen molar-refractivity contribution in [2.45, 2.75) is 56.3 Å². The second-order valence-corrected chi connectivity index (χ2v) is 8.39. The number of benzene rings is 2. The van der Waals surface area contributed by atoms with Crippen LogP contribution in [0.4, 0.5) is 0 Å². The maximum absolute atomic E-state index is 12.4. The molecule has 27 heavy (non-hydrogen) atoms. The molecule has 0 fully saturated rings. The molecule has 0 aliphatic rings. The molecule has 1 amide bonds. The molecule has 0 unspecified atom stereocenters. The van der Waals surface area contributed by atoms with E-state index in [4.69, 9.17) is 16.3 Å². The first kappa shape index (κ1) is 21.6. The molecule has 1 N–H and O–H groups in total. The Labute approximate surface area is 171 Å². The van der Waals surface area contributed by atoms with Gasteiger partial charge in [0.15, 0.2) is 0 Å². The molecular formula is C22H28ClNO2S. The van der Waals surface area contributed by atoms with E-state index < -0.39 is 0 Å². The molecule has 0 bridgehead atoms. The molecule has 5 heteroatoms. The van der Waals surface area contributed by atoms with E-state index in [0.717, 1.165) is 29.9 Å². The van der Waals surface area contributed by atoms with Crippen LogP contribution in [0.2, 0.25) is 5.02 Å². The molecule has 0 saturated heterocycles. The van der Waals surface area contributed by atoms with Crippen LogP contribution >= 0.6 is 23.4 Å². The molecule has 1 atom stereocenters. The summed E-state index contributed by atoms with van der Waals surface area (Å²) in [5.74, 6) is 0.991. The minimum atomic E-state index is -0.0846. The summed E-state index contributed by atoms with van der Waals surface area (Å²) in [6, 6.07) is 15.8. The second-order valence-electron chi connectivity index (χ2n) is 6.67. The zero-order valence-electron chi connectivity index (χ0n) is 16.2. The molecule has 2 aromatic carbocycles. The van der Waals surface area contributed by atoms with Gasteiger partial charge in [-0.25, -0.2) is 0 Å². The summed E-state index contributed by atoms with van der Waals surface area (Å²) in [5.41, 5.74) is 1.25. The molecule has 0 saturated carbocycles. The fourth-order valence-electron chi connectivity index (χ4n) is 2.62. The van der Waals surface area contributed by atoms with Crippen LogP contribution < -0.4 is 10.1 Å². The van der Waals surface area contributed by atoms with Gasteiger partial charge in [-0.05, 0) is 75.1 Å². The van der Waals surface area contributed by atoms with Crippen LogP contribution in [0, 0.1) is 0 Å². The molecule has 0 heterocycles. The summed E-state index contributed by atoms with van der Waals surface area (Å²) in [5, 5.41) is 3.69. The van der Waals surface area contributed by atoms with Crippen LogP contribution in [0.1, 0.15) is 39.2 Å². The van der Waals surface area contributed by atoms with Gasteiger partial charge in [-0.15, -0.1) is 11.8 Å². The van der Waals surface area contributed by atoms with E-state index in [1.54, 1.807) is 11.8 Å². The van der Waals surface area contributed by atoms with Crippen molar-refractivity contribution in [2.24, 2.45) is 0 Å². The first-order chi connectivity index (χ1) is 13.0. The molecule has 146 valence electrons. The highest BCUT2D eigenvalue weighted by Gasteiger charge is 2.17. The number of hydrogen-bond donors (Lipinski definition) is 1. The lowest BCUT2D eigenvalue weighted by molar-refractivity contribution is -0.120. The van der Waals surface area contributed by atoms with Crippen LogP contribution in [-0.2, 0) is 11.2 Å². The molecule has 0 spiro atoms. The number of aryl methyl sites for hydroxylation is 1. The Morgan fingerprint density at radius 3 is 2.37 bits per heavy atom. The van der Waals surface area contributed by atoms with Crippen LogP contribution in [0.25, 0.3) is 0 Å². The standard InChI is InChI=1S/C22H28ClNO2S/c1-4-21(27-20-13-9-18(23)10-14-20)22(25)24-15-5-6-17-7-11-19(12-8-17)26-16(2)3/h7-14,16,21H,4-6,15H2,1-3H3,(H,24,25)/t21-/m1/s1. The Bertz CT molecular complexity index is 701. The number of rotatable bonds is 10. The van der Waals surface area contributed by atoms with E-state index in [9.17, 15) is 4.79 Å². The van der Waals surface area contributed by atoms with E-state index in [-0.39, 0.29) is 17.3 Å². The zero-order chi connectivity index (χ0) is 19.6. The summed E-state index contributed by atoms with van der Waals surface area (Å²) in [6.07, 6.45) is 2.82. The van der Waals surface area contributed by atoms with Gasteiger partial charge in [-0.2, -0.15) is 0 Å². The van der Waals surface area contributed by atoms with Crippen molar-refractivity contribution in [2.75, 3.05) is 6.54 Å². The Balaban J connectivity index is 1.73. The van der Waals surface area contributed by atoms with Gasteiger partial charge in [0.1, 0.15) is 5.75 Å². The number of nitrogens with one attached hydrogen (secondary N) is 1. The van der Waals surface area contributed by atoms with Gasteiger partial charge in [0.05, 0.1) is 11.4 Å². The first-order valence-electron chi connectivity index (χ1n) is 9.43. The summed E-state index contributed by atoms with van der Waals surface area (Å²) in [6.45, 7) is 6.76. The van der Waals surface area contributed by atoms with Crippen molar-refractivity contribution in [3.63, 3.8) is 0 Å². The van der Waals surface area contributed by atoms with E-state index in [1.807, 2.05) is 57.2 Å². The number of carbonyl (C=O) groups excluding carboxylic acids is 1. The molecular weight excluding hydrogens is 378 g/mol. The third-order valence-electron chi connectivity index (χ3n) is 3.99. The van der Waals surface area contributed by atoms with Crippen LogP contribution in [-0.4, -0.2) is 23.8 Å². The number of carbonyl (C=O) groups is 1. The zero-order valence-corrected chi connectivity index (χ0v) is 17.8. The summed E-state index contributed by atoms with van der Waals surface area (Å²) >= 11 is 7.50. The van der Waals surface area contributed by atoms with E-state index in [1.165, 1.54) is 5.56 Å². The van der Waals surface area contributed by atoms with E-state index in [2.05, 4.69) is 17.4 Å². The molecule has 2 aromatic rings. The molecule has 2 rings (SSSR count). The predicted octanol–water partition coefficient (Wildman–Crippen LogP) is 5.75. The third kappa shape index (κ3) is 7.86. The van der Waals surface area contributed by atoms with Gasteiger partial charge in [-0.3, -0.25) is 4.79 Å². The highest BCUT2D eigenvalue weighted by atomic mass is 35.5. The van der Waals surface area contributed by atoms with Crippen LogP contribution in [0.15, 0.2) is 53.4 Å². The van der Waals surface area contributed by atoms with Gasteiger partial charge in [0.25, 0.3) is 0 Å². The number of ether oxygens (including phenoxy) is 1. The lowest BCUT2D eigenvalue weighted by Crippen LogP contribution is -2.33. The molecule has 3 nitrogen and oxygen atoms in total. The molecule has 0 aliphatic carbocycles. The minimum Gasteiger partial charge on any atom is -0.491 e.